The maximum Gasteiger partial charge on any atom is 0.322 e. The monoisotopic (exact) mass is 1420 g/mol. The van der Waals surface area contributed by atoms with Gasteiger partial charge in [-0.05, 0) is 159 Å². The predicted octanol–water partition coefficient (Wildman–Crippen LogP) is -6.50. The second-order valence-corrected chi connectivity index (χ2v) is 24.6. The molecule has 35 nitrogen and oxygen atoms in total. The summed E-state index contributed by atoms with van der Waals surface area (Å²) in [5, 5.41) is 44.9. The molecule has 26 N–H and O–H groups in total. The number of aromatic hydroxyl groups is 1. The minimum Gasteiger partial charge on any atom is -0.508 e. The Hall–Kier alpha value is -8.10. The summed E-state index contributed by atoms with van der Waals surface area (Å²) in [5.74, 6) is -10.7. The molecule has 0 aromatic heterocycles. The number of guanidine groups is 1. The molecule has 2 heterocycles. The lowest BCUT2D eigenvalue weighted by molar-refractivity contribution is -0.143. The van der Waals surface area contributed by atoms with Gasteiger partial charge in [-0.3, -0.25) is 67.3 Å². The molecule has 2 aliphatic heterocycles. The molecule has 3 rings (SSSR count). The summed E-state index contributed by atoms with van der Waals surface area (Å²) in [6.07, 6.45) is 4.47. The first-order valence-corrected chi connectivity index (χ1v) is 34.5. The Bertz CT molecular complexity index is 2830. The maximum atomic E-state index is 14.6. The first-order chi connectivity index (χ1) is 46.8. The Morgan fingerprint density at radius 1 is 0.490 bits per heavy atom. The van der Waals surface area contributed by atoms with Crippen molar-refractivity contribution in [2.75, 3.05) is 77.0 Å². The Labute approximate surface area is 581 Å². The van der Waals surface area contributed by atoms with Gasteiger partial charge in [0, 0.05) is 37.6 Å². The number of aliphatic imine (C=N–C) groups is 1. The molecule has 0 bridgehead atoms. The molecule has 12 amide bonds. The van der Waals surface area contributed by atoms with E-state index in [1.165, 1.54) is 34.1 Å². The van der Waals surface area contributed by atoms with Gasteiger partial charge in [-0.15, -0.1) is 0 Å². The zero-order valence-electron chi connectivity index (χ0n) is 55.5. The van der Waals surface area contributed by atoms with Crippen LogP contribution in [0.3, 0.4) is 0 Å². The SMILES string of the molecule is NCCCC[C@H](NC(=O)[C@H](CCCCN)NC(=O)[C@H](CCCCN)NC(=O)[C@@H]1CCCN1C(=O)CNC(=O)CNC(=O)[C@H](Cc1ccc(O)cc1)NC(=O)[C@H](CS)NC(=O)[C@@H](N)CS)C(=O)N[C@@H](CCCN=C(N)N)C(=O)N[C@@H](CCCCN)C(=O)N1CCC[C@H]1C(=O)NCC(=O)O. The van der Waals surface area contributed by atoms with Gasteiger partial charge in [0.15, 0.2) is 5.96 Å². The van der Waals surface area contributed by atoms with Crippen molar-refractivity contribution in [3.63, 3.8) is 0 Å². The first-order valence-electron chi connectivity index (χ1n) is 33.2. The maximum absolute atomic E-state index is 14.6. The standard InChI is InChI=1S/C61H104N20O15S2/c62-23-5-1-12-39(53(89)73-40(13-2-6-24-63)54(90)75-42(16-9-27-69-61(67)68)56(92)77-43(15-4-8-26-65)60(96)81-29-11-17-46(81)58(94)72-33-50(85)86)74-55(91)41(14-3-7-25-64)76-59(95)47-18-10-28-80(47)49(84)32-70-48(83)31-71-52(88)44(30-36-19-21-37(82)22-20-36)78-57(93)45(35-98)79-51(87)38(66)34-97/h19-22,38-47,82,97-98H,1-18,23-35,62-66H2,(H,70,83)(H,71,88)(H,72,94)(H,73,89)(H,74,91)(H,75,90)(H,76,95)(H,77,92)(H,78,93)(H,79,87)(H,85,86)(H4,67,68,69)/t38-,39-,40-,41-,42-,43-,44-,45-,46-,47-/m0/s1. The summed E-state index contributed by atoms with van der Waals surface area (Å²) in [6.45, 7) is -0.690. The zero-order valence-corrected chi connectivity index (χ0v) is 57.3. The number of benzene rings is 1. The number of rotatable bonds is 47. The van der Waals surface area contributed by atoms with Crippen LogP contribution in [-0.4, -0.2) is 240 Å². The number of carboxylic acids is 1. The number of phenolic OH excluding ortho intramolecular Hbond substituents is 1. The van der Waals surface area contributed by atoms with Crippen LogP contribution in [0.5, 0.6) is 5.75 Å². The number of nitrogens with one attached hydrogen (secondary N) is 10. The van der Waals surface area contributed by atoms with Crippen LogP contribution in [-0.2, 0) is 68.7 Å². The van der Waals surface area contributed by atoms with Crippen LogP contribution in [0.15, 0.2) is 29.3 Å². The fourth-order valence-electron chi connectivity index (χ4n) is 10.8. The molecule has 2 saturated heterocycles. The van der Waals surface area contributed by atoms with Crippen LogP contribution >= 0.6 is 25.3 Å². The van der Waals surface area contributed by atoms with Crippen molar-refractivity contribution < 1.29 is 72.5 Å². The number of hydrogen-bond donors (Lipinski definition) is 21. The number of carbonyl (C=O) groups excluding carboxylic acids is 12. The highest BCUT2D eigenvalue weighted by molar-refractivity contribution is 7.80. The normalized spacial score (nSPS) is 16.6. The first kappa shape index (κ1) is 84.1. The fraction of sp³-hybridized carbons (Fsp3) is 0.672. The third kappa shape index (κ3) is 30.3. The van der Waals surface area contributed by atoms with E-state index in [1.807, 2.05) is 0 Å². The van der Waals surface area contributed by atoms with Crippen molar-refractivity contribution >= 4 is 108 Å². The van der Waals surface area contributed by atoms with Crippen LogP contribution in [0.1, 0.15) is 121 Å². The van der Waals surface area contributed by atoms with Gasteiger partial charge in [0.2, 0.25) is 70.9 Å². The van der Waals surface area contributed by atoms with Gasteiger partial charge in [-0.2, -0.15) is 25.3 Å². The Morgan fingerprint density at radius 2 is 0.929 bits per heavy atom. The fourth-order valence-corrected chi connectivity index (χ4v) is 11.2. The molecule has 1 aromatic rings. The van der Waals surface area contributed by atoms with Crippen LogP contribution in [0.4, 0.5) is 0 Å². The smallest absolute Gasteiger partial charge is 0.322 e. The van der Waals surface area contributed by atoms with Crippen molar-refractivity contribution in [3.8, 4) is 5.75 Å². The van der Waals surface area contributed by atoms with Crippen molar-refractivity contribution in [3.05, 3.63) is 29.8 Å². The number of amides is 12. The molecule has 550 valence electrons. The van der Waals surface area contributed by atoms with E-state index >= 15 is 0 Å². The molecule has 0 radical (unpaired) electrons. The second-order valence-electron chi connectivity index (χ2n) is 23.9. The largest absolute Gasteiger partial charge is 0.508 e. The highest BCUT2D eigenvalue weighted by Crippen LogP contribution is 2.22. The molecular weight excluding hydrogens is 1320 g/mol. The van der Waals surface area contributed by atoms with Crippen LogP contribution in [0.2, 0.25) is 0 Å². The summed E-state index contributed by atoms with van der Waals surface area (Å²) < 4.78 is 0. The molecule has 37 heteroatoms. The molecule has 1 aromatic carbocycles. The van der Waals surface area contributed by atoms with E-state index in [4.69, 9.17) is 45.2 Å². The van der Waals surface area contributed by atoms with Gasteiger partial charge in [-0.1, -0.05) is 12.1 Å². The highest BCUT2D eigenvalue weighted by atomic mass is 32.1. The lowest BCUT2D eigenvalue weighted by Crippen LogP contribution is -2.60. The summed E-state index contributed by atoms with van der Waals surface area (Å²) in [6, 6.07) is -6.41. The molecule has 2 aliphatic rings. The summed E-state index contributed by atoms with van der Waals surface area (Å²) in [7, 11) is 0. The molecule has 10 atom stereocenters. The van der Waals surface area contributed by atoms with E-state index in [-0.39, 0.29) is 127 Å². The van der Waals surface area contributed by atoms with Crippen molar-refractivity contribution in [1.29, 1.82) is 0 Å². The quantitative estimate of drug-likeness (QED) is 0.0125. The van der Waals surface area contributed by atoms with E-state index in [0.717, 1.165) is 0 Å². The van der Waals surface area contributed by atoms with Crippen LogP contribution < -0.4 is 93.3 Å². The number of nitrogens with zero attached hydrogens (tertiary/aromatic N) is 3. The average Bonchev–Trinajstić information content (AvgIpc) is 1.63. The number of hydrogen-bond acceptors (Lipinski definition) is 22. The third-order valence-electron chi connectivity index (χ3n) is 16.2. The molecular formula is C61H104N20O15S2. The lowest BCUT2D eigenvalue weighted by atomic mass is 10.0. The van der Waals surface area contributed by atoms with E-state index < -0.39 is 157 Å². The van der Waals surface area contributed by atoms with E-state index in [2.05, 4.69) is 83.4 Å². The Morgan fingerprint density at radius 3 is 1.41 bits per heavy atom. The molecule has 0 aliphatic carbocycles. The average molecular weight is 1420 g/mol. The van der Waals surface area contributed by atoms with Crippen LogP contribution in [0.25, 0.3) is 0 Å². The Kier molecular flexibility index (Phi) is 39.7. The number of unbranched alkanes of at least 4 members (excludes halogenated alkanes) is 4. The van der Waals surface area contributed by atoms with Crippen molar-refractivity contribution in [2.45, 2.75) is 182 Å². The number of carbonyl (C=O) groups is 13. The van der Waals surface area contributed by atoms with Gasteiger partial charge >= 0.3 is 5.97 Å². The predicted molar refractivity (Wildman–Crippen MR) is 369 cm³/mol. The molecule has 0 saturated carbocycles. The highest BCUT2D eigenvalue weighted by Gasteiger charge is 2.40. The molecule has 2 fully saturated rings. The van der Waals surface area contributed by atoms with Gasteiger partial charge in [-0.25, -0.2) is 0 Å². The van der Waals surface area contributed by atoms with Crippen molar-refractivity contribution in [1.82, 2.24) is 63.0 Å². The van der Waals surface area contributed by atoms with E-state index in [9.17, 15) is 67.4 Å². The zero-order chi connectivity index (χ0) is 72.7. The van der Waals surface area contributed by atoms with Gasteiger partial charge in [0.1, 0.15) is 66.7 Å². The van der Waals surface area contributed by atoms with E-state index in [1.54, 1.807) is 0 Å². The minimum atomic E-state index is -1.36. The molecule has 98 heavy (non-hydrogen) atoms. The number of aliphatic carboxylic acids is 1. The lowest BCUT2D eigenvalue weighted by Gasteiger charge is -2.30. The Balaban J connectivity index is 1.81. The second kappa shape index (κ2) is 46.2. The minimum absolute atomic E-state index is 0.00984. The summed E-state index contributed by atoms with van der Waals surface area (Å²) >= 11 is 8.16. The van der Waals surface area contributed by atoms with E-state index in [0.29, 0.717) is 69.8 Å². The van der Waals surface area contributed by atoms with Gasteiger partial charge in [0.05, 0.1) is 19.1 Å². The third-order valence-corrected chi connectivity index (χ3v) is 17.0. The molecule has 0 spiro atoms. The van der Waals surface area contributed by atoms with Gasteiger partial charge < -0.3 is 113 Å². The summed E-state index contributed by atoms with van der Waals surface area (Å²) in [4.78, 5) is 184. The number of phenols is 1. The number of likely N-dealkylation sites (tertiary alicyclic amines) is 2. The van der Waals surface area contributed by atoms with Gasteiger partial charge in [0.25, 0.3) is 0 Å². The molecule has 0 unspecified atom stereocenters. The number of nitrogens with two attached hydrogens (primary N) is 7. The topological polar surface area (TPSA) is 584 Å². The van der Waals surface area contributed by atoms with Crippen molar-refractivity contribution in [2.24, 2.45) is 45.1 Å². The number of carboxylic acid groups (broad SMARTS) is 1. The number of thiol groups is 2. The summed E-state index contributed by atoms with van der Waals surface area (Å²) in [5.41, 5.74) is 40.7. The van der Waals surface area contributed by atoms with Crippen LogP contribution in [0, 0.1) is 0 Å².